The third kappa shape index (κ3) is 6.14. The van der Waals surface area contributed by atoms with Gasteiger partial charge in [-0.2, -0.15) is 0 Å². The molecule has 0 unspecified atom stereocenters. The number of benzene rings is 1. The van der Waals surface area contributed by atoms with Crippen LogP contribution in [0.25, 0.3) is 0 Å². The largest absolute Gasteiger partial charge is 0.326 e. The Hall–Kier alpha value is -0.970. The van der Waals surface area contributed by atoms with Gasteiger partial charge in [-0.1, -0.05) is 13.0 Å². The van der Waals surface area contributed by atoms with Crippen LogP contribution in [0.5, 0.6) is 0 Å². The van der Waals surface area contributed by atoms with Gasteiger partial charge in [-0.15, -0.1) is 0 Å². The van der Waals surface area contributed by atoms with Crippen molar-refractivity contribution in [3.63, 3.8) is 0 Å². The molecular weight excluding hydrogens is 241 g/mol. The monoisotopic (exact) mass is 267 g/mol. The van der Waals surface area contributed by atoms with E-state index in [1.165, 1.54) is 6.07 Å². The molecule has 0 atom stereocenters. The molecule has 0 fully saturated rings. The topological polar surface area (TPSA) is 32.5 Å². The standard InChI is InChI=1S/C15H26FN3/c1-4-19(7-5-6-18(2)3)12-14-8-13(11-17)9-15(16)10-14/h8-10H,4-7,11-12,17H2,1-3H3. The van der Waals surface area contributed by atoms with Crippen molar-refractivity contribution >= 4 is 0 Å². The van der Waals surface area contributed by atoms with E-state index >= 15 is 0 Å². The fourth-order valence-electron chi connectivity index (χ4n) is 2.14. The van der Waals surface area contributed by atoms with E-state index in [1.54, 1.807) is 6.07 Å². The average molecular weight is 267 g/mol. The molecule has 0 bridgehead atoms. The molecule has 0 aliphatic rings. The van der Waals surface area contributed by atoms with Crippen LogP contribution in [0.1, 0.15) is 24.5 Å². The minimum absolute atomic E-state index is 0.192. The lowest BCUT2D eigenvalue weighted by Crippen LogP contribution is -2.27. The summed E-state index contributed by atoms with van der Waals surface area (Å²) in [6.45, 7) is 6.39. The van der Waals surface area contributed by atoms with Crippen molar-refractivity contribution < 1.29 is 4.39 Å². The lowest BCUT2D eigenvalue weighted by Gasteiger charge is -2.21. The Morgan fingerprint density at radius 3 is 2.37 bits per heavy atom. The highest BCUT2D eigenvalue weighted by Crippen LogP contribution is 2.11. The number of halogens is 1. The molecule has 0 aliphatic carbocycles. The van der Waals surface area contributed by atoms with Gasteiger partial charge in [-0.3, -0.25) is 4.90 Å². The van der Waals surface area contributed by atoms with Crippen molar-refractivity contribution in [3.05, 3.63) is 35.1 Å². The van der Waals surface area contributed by atoms with Gasteiger partial charge in [0.1, 0.15) is 5.82 Å². The zero-order chi connectivity index (χ0) is 14.3. The zero-order valence-electron chi connectivity index (χ0n) is 12.3. The molecule has 0 aromatic heterocycles. The van der Waals surface area contributed by atoms with Crippen molar-refractivity contribution in [1.29, 1.82) is 0 Å². The van der Waals surface area contributed by atoms with Crippen molar-refractivity contribution in [3.8, 4) is 0 Å². The average Bonchev–Trinajstić information content (AvgIpc) is 2.36. The van der Waals surface area contributed by atoms with Gasteiger partial charge in [0.25, 0.3) is 0 Å². The summed E-state index contributed by atoms with van der Waals surface area (Å²) in [6, 6.07) is 5.11. The highest BCUT2D eigenvalue weighted by Gasteiger charge is 2.06. The predicted molar refractivity (Wildman–Crippen MR) is 78.4 cm³/mol. The first-order chi connectivity index (χ1) is 9.05. The molecule has 0 aliphatic heterocycles. The van der Waals surface area contributed by atoms with Gasteiger partial charge in [-0.25, -0.2) is 4.39 Å². The number of nitrogens with zero attached hydrogens (tertiary/aromatic N) is 2. The molecule has 0 amide bonds. The molecule has 1 aromatic rings. The molecule has 0 spiro atoms. The van der Waals surface area contributed by atoms with Crippen LogP contribution in [0.15, 0.2) is 18.2 Å². The van der Waals surface area contributed by atoms with Crippen LogP contribution in [-0.4, -0.2) is 43.5 Å². The van der Waals surface area contributed by atoms with Crippen LogP contribution in [0.4, 0.5) is 4.39 Å². The van der Waals surface area contributed by atoms with Crippen LogP contribution < -0.4 is 5.73 Å². The van der Waals surface area contributed by atoms with Crippen molar-refractivity contribution in [2.75, 3.05) is 33.7 Å². The first kappa shape index (κ1) is 16.1. The molecule has 0 saturated carbocycles. The van der Waals surface area contributed by atoms with Gasteiger partial charge >= 0.3 is 0 Å². The van der Waals surface area contributed by atoms with Gasteiger partial charge in [0.2, 0.25) is 0 Å². The molecule has 1 aromatic carbocycles. The lowest BCUT2D eigenvalue weighted by atomic mass is 10.1. The molecule has 19 heavy (non-hydrogen) atoms. The fraction of sp³-hybridized carbons (Fsp3) is 0.600. The molecule has 0 heterocycles. The lowest BCUT2D eigenvalue weighted by molar-refractivity contribution is 0.259. The second-order valence-corrected chi connectivity index (χ2v) is 5.20. The summed E-state index contributed by atoms with van der Waals surface area (Å²) in [7, 11) is 4.16. The number of nitrogens with two attached hydrogens (primary N) is 1. The fourth-order valence-corrected chi connectivity index (χ4v) is 2.14. The predicted octanol–water partition coefficient (Wildman–Crippen LogP) is 2.06. The summed E-state index contributed by atoms with van der Waals surface area (Å²) in [4.78, 5) is 4.52. The van der Waals surface area contributed by atoms with E-state index in [-0.39, 0.29) is 5.82 Å². The van der Waals surface area contributed by atoms with E-state index in [0.29, 0.717) is 6.54 Å². The molecule has 108 valence electrons. The minimum atomic E-state index is -0.192. The Kier molecular flexibility index (Phi) is 6.99. The maximum absolute atomic E-state index is 13.4. The van der Waals surface area contributed by atoms with Crippen molar-refractivity contribution in [2.45, 2.75) is 26.4 Å². The molecule has 2 N–H and O–H groups in total. The zero-order valence-corrected chi connectivity index (χ0v) is 12.3. The smallest absolute Gasteiger partial charge is 0.123 e. The third-order valence-electron chi connectivity index (χ3n) is 3.19. The number of rotatable bonds is 8. The second kappa shape index (κ2) is 8.25. The first-order valence-corrected chi connectivity index (χ1v) is 6.90. The van der Waals surface area contributed by atoms with E-state index in [1.807, 2.05) is 6.07 Å². The molecular formula is C15H26FN3. The SMILES string of the molecule is CCN(CCCN(C)C)Cc1cc(F)cc(CN)c1. The summed E-state index contributed by atoms with van der Waals surface area (Å²) in [5.41, 5.74) is 7.45. The summed E-state index contributed by atoms with van der Waals surface area (Å²) in [5.74, 6) is -0.192. The molecule has 0 radical (unpaired) electrons. The van der Waals surface area contributed by atoms with Crippen LogP contribution in [0.2, 0.25) is 0 Å². The number of hydrogen-bond donors (Lipinski definition) is 1. The van der Waals surface area contributed by atoms with Gasteiger partial charge < -0.3 is 10.6 Å². The van der Waals surface area contributed by atoms with Gasteiger partial charge in [0.15, 0.2) is 0 Å². The van der Waals surface area contributed by atoms with Crippen LogP contribution in [0.3, 0.4) is 0 Å². The molecule has 4 heteroatoms. The van der Waals surface area contributed by atoms with Crippen molar-refractivity contribution in [1.82, 2.24) is 9.80 Å². The summed E-state index contributed by atoms with van der Waals surface area (Å²) in [6.07, 6.45) is 1.12. The first-order valence-electron chi connectivity index (χ1n) is 6.90. The van der Waals surface area contributed by atoms with Gasteiger partial charge in [-0.05, 0) is 63.4 Å². The highest BCUT2D eigenvalue weighted by atomic mass is 19.1. The summed E-state index contributed by atoms with van der Waals surface area (Å²) >= 11 is 0. The molecule has 1 rings (SSSR count). The van der Waals surface area contributed by atoms with Crippen LogP contribution in [0, 0.1) is 5.82 Å². The highest BCUT2D eigenvalue weighted by molar-refractivity contribution is 5.24. The quantitative estimate of drug-likeness (QED) is 0.782. The van der Waals surface area contributed by atoms with E-state index < -0.39 is 0 Å². The Morgan fingerprint density at radius 2 is 1.79 bits per heavy atom. The normalized spacial score (nSPS) is 11.5. The van der Waals surface area contributed by atoms with Crippen LogP contribution >= 0.6 is 0 Å². The maximum atomic E-state index is 13.4. The number of hydrogen-bond acceptors (Lipinski definition) is 3. The van der Waals surface area contributed by atoms with Gasteiger partial charge in [0.05, 0.1) is 0 Å². The molecule has 0 saturated heterocycles. The Balaban J connectivity index is 2.57. The maximum Gasteiger partial charge on any atom is 0.123 e. The second-order valence-electron chi connectivity index (χ2n) is 5.20. The molecule has 3 nitrogen and oxygen atoms in total. The van der Waals surface area contributed by atoms with Gasteiger partial charge in [0, 0.05) is 13.1 Å². The van der Waals surface area contributed by atoms with Crippen LogP contribution in [-0.2, 0) is 13.1 Å². The Bertz CT molecular complexity index is 380. The third-order valence-corrected chi connectivity index (χ3v) is 3.19. The minimum Gasteiger partial charge on any atom is -0.326 e. The van der Waals surface area contributed by atoms with E-state index in [2.05, 4.69) is 30.8 Å². The summed E-state index contributed by atoms with van der Waals surface area (Å²) in [5, 5.41) is 0. The van der Waals surface area contributed by atoms with Crippen molar-refractivity contribution in [2.24, 2.45) is 5.73 Å². The van der Waals surface area contributed by atoms with E-state index in [9.17, 15) is 4.39 Å². The Morgan fingerprint density at radius 1 is 1.11 bits per heavy atom. The van der Waals surface area contributed by atoms with E-state index in [0.717, 1.165) is 43.7 Å². The summed E-state index contributed by atoms with van der Waals surface area (Å²) < 4.78 is 13.4. The van der Waals surface area contributed by atoms with E-state index in [4.69, 9.17) is 5.73 Å². The Labute approximate surface area is 116 Å².